The van der Waals surface area contributed by atoms with E-state index in [0.717, 1.165) is 43.4 Å². The molecule has 2 aliphatic rings. The SMILES string of the molecule is COc1ccc(CN2C(=O)CC[C@]23CCCC[C@H]3CS(=O)(=O)c2ccccc2)cc1. The van der Waals surface area contributed by atoms with Gasteiger partial charge in [-0.2, -0.15) is 0 Å². The van der Waals surface area contributed by atoms with Gasteiger partial charge in [-0.25, -0.2) is 8.42 Å². The van der Waals surface area contributed by atoms with Crippen molar-refractivity contribution >= 4 is 15.7 Å². The second kappa shape index (κ2) is 8.42. The number of carbonyl (C=O) groups excluding carboxylic acids is 1. The van der Waals surface area contributed by atoms with E-state index < -0.39 is 9.84 Å². The molecule has 0 aromatic heterocycles. The summed E-state index contributed by atoms with van der Waals surface area (Å²) in [6, 6.07) is 16.5. The summed E-state index contributed by atoms with van der Waals surface area (Å²) in [4.78, 5) is 15.3. The van der Waals surface area contributed by atoms with Crippen molar-refractivity contribution in [3.63, 3.8) is 0 Å². The Hall–Kier alpha value is -2.34. The van der Waals surface area contributed by atoms with Gasteiger partial charge in [-0.1, -0.05) is 43.2 Å². The highest BCUT2D eigenvalue weighted by Gasteiger charge is 2.52. The van der Waals surface area contributed by atoms with Gasteiger partial charge in [-0.3, -0.25) is 4.79 Å². The molecule has 0 radical (unpaired) electrons. The number of nitrogens with zero attached hydrogens (tertiary/aromatic N) is 1. The van der Waals surface area contributed by atoms with E-state index in [0.29, 0.717) is 17.9 Å². The fourth-order valence-electron chi connectivity index (χ4n) is 5.21. The largest absolute Gasteiger partial charge is 0.497 e. The number of hydrogen-bond donors (Lipinski definition) is 0. The lowest BCUT2D eigenvalue weighted by Gasteiger charge is -2.47. The number of methoxy groups -OCH3 is 1. The molecule has 1 saturated carbocycles. The summed E-state index contributed by atoms with van der Waals surface area (Å²) >= 11 is 0. The Bertz CT molecular complexity index is 988. The maximum atomic E-state index is 13.1. The topological polar surface area (TPSA) is 63.7 Å². The fraction of sp³-hybridized carbons (Fsp3) is 0.458. The molecule has 2 fully saturated rings. The van der Waals surface area contributed by atoms with Gasteiger partial charge in [-0.05, 0) is 55.0 Å². The average Bonchev–Trinajstić information content (AvgIpc) is 3.07. The Morgan fingerprint density at radius 2 is 1.77 bits per heavy atom. The fourth-order valence-corrected chi connectivity index (χ4v) is 6.98. The van der Waals surface area contributed by atoms with Crippen LogP contribution in [0.5, 0.6) is 5.75 Å². The molecule has 1 heterocycles. The molecule has 2 aromatic rings. The van der Waals surface area contributed by atoms with E-state index in [4.69, 9.17) is 4.74 Å². The first-order chi connectivity index (χ1) is 14.4. The van der Waals surface area contributed by atoms with E-state index in [1.54, 1.807) is 31.4 Å². The van der Waals surface area contributed by atoms with Crippen molar-refractivity contribution < 1.29 is 17.9 Å². The maximum absolute atomic E-state index is 13.1. The highest BCUT2D eigenvalue weighted by atomic mass is 32.2. The standard InChI is InChI=1S/C24H29NO4S/c1-29-21-12-10-19(11-13-21)17-25-23(26)14-16-24(25)15-6-5-7-20(24)18-30(27,28)22-8-3-2-4-9-22/h2-4,8-13,20H,5-7,14-18H2,1H3/t20-,24-/m0/s1. The first kappa shape index (κ1) is 20.9. The number of amides is 1. The van der Waals surface area contributed by atoms with Crippen LogP contribution in [0.3, 0.4) is 0 Å². The quantitative estimate of drug-likeness (QED) is 0.692. The summed E-state index contributed by atoms with van der Waals surface area (Å²) in [7, 11) is -1.77. The van der Waals surface area contributed by atoms with Crippen LogP contribution in [0, 0.1) is 5.92 Å². The average molecular weight is 428 g/mol. The molecule has 0 N–H and O–H groups in total. The first-order valence-corrected chi connectivity index (χ1v) is 12.3. The number of hydrogen-bond acceptors (Lipinski definition) is 4. The molecule has 1 aliphatic carbocycles. The smallest absolute Gasteiger partial charge is 0.223 e. The molecule has 30 heavy (non-hydrogen) atoms. The highest BCUT2D eigenvalue weighted by Crippen LogP contribution is 2.47. The van der Waals surface area contributed by atoms with Gasteiger partial charge in [0, 0.05) is 18.5 Å². The van der Waals surface area contributed by atoms with Crippen LogP contribution < -0.4 is 4.74 Å². The Morgan fingerprint density at radius 1 is 1.03 bits per heavy atom. The van der Waals surface area contributed by atoms with Crippen LogP contribution in [0.1, 0.15) is 44.1 Å². The maximum Gasteiger partial charge on any atom is 0.223 e. The van der Waals surface area contributed by atoms with Crippen LogP contribution in [0.4, 0.5) is 0 Å². The van der Waals surface area contributed by atoms with E-state index >= 15 is 0 Å². The summed E-state index contributed by atoms with van der Waals surface area (Å²) in [5, 5.41) is 0. The van der Waals surface area contributed by atoms with Crippen LogP contribution >= 0.6 is 0 Å². The van der Waals surface area contributed by atoms with Gasteiger partial charge >= 0.3 is 0 Å². The van der Waals surface area contributed by atoms with Gasteiger partial charge in [0.05, 0.1) is 17.8 Å². The third kappa shape index (κ3) is 3.97. The molecule has 0 bridgehead atoms. The van der Waals surface area contributed by atoms with Gasteiger partial charge in [0.25, 0.3) is 0 Å². The number of carbonyl (C=O) groups is 1. The molecule has 160 valence electrons. The Labute approximate surface area is 179 Å². The summed E-state index contributed by atoms with van der Waals surface area (Å²) in [5.74, 6) is 0.977. The van der Waals surface area contributed by atoms with Gasteiger partial charge in [0.15, 0.2) is 9.84 Å². The van der Waals surface area contributed by atoms with Crippen LogP contribution in [0.15, 0.2) is 59.5 Å². The molecule has 0 unspecified atom stereocenters. The zero-order valence-corrected chi connectivity index (χ0v) is 18.2. The van der Waals surface area contributed by atoms with Crippen LogP contribution in [0.25, 0.3) is 0 Å². The van der Waals surface area contributed by atoms with Crippen molar-refractivity contribution in [3.05, 3.63) is 60.2 Å². The number of sulfone groups is 1. The summed E-state index contributed by atoms with van der Waals surface area (Å²) < 4.78 is 31.5. The van der Waals surface area contributed by atoms with Crippen LogP contribution in [-0.2, 0) is 21.2 Å². The predicted octanol–water partition coefficient (Wildman–Crippen LogP) is 4.22. The van der Waals surface area contributed by atoms with Crippen LogP contribution in [0.2, 0.25) is 0 Å². The Balaban J connectivity index is 1.61. The van der Waals surface area contributed by atoms with E-state index in [9.17, 15) is 13.2 Å². The zero-order chi connectivity index (χ0) is 21.2. The van der Waals surface area contributed by atoms with E-state index in [2.05, 4.69) is 0 Å². The molecular formula is C24H29NO4S. The molecule has 1 aliphatic heterocycles. The highest BCUT2D eigenvalue weighted by molar-refractivity contribution is 7.91. The van der Waals surface area contributed by atoms with Crippen molar-refractivity contribution in [2.24, 2.45) is 5.92 Å². The van der Waals surface area contributed by atoms with Gasteiger partial charge in [-0.15, -0.1) is 0 Å². The number of benzene rings is 2. The van der Waals surface area contributed by atoms with Gasteiger partial charge < -0.3 is 9.64 Å². The lowest BCUT2D eigenvalue weighted by molar-refractivity contribution is -0.134. The van der Waals surface area contributed by atoms with E-state index in [1.807, 2.05) is 35.2 Å². The van der Waals surface area contributed by atoms with Crippen molar-refractivity contribution in [2.45, 2.75) is 55.5 Å². The Morgan fingerprint density at radius 3 is 2.47 bits per heavy atom. The first-order valence-electron chi connectivity index (χ1n) is 10.7. The zero-order valence-electron chi connectivity index (χ0n) is 17.4. The molecule has 5 nitrogen and oxygen atoms in total. The van der Waals surface area contributed by atoms with Crippen molar-refractivity contribution in [1.29, 1.82) is 0 Å². The molecular weight excluding hydrogens is 398 g/mol. The molecule has 2 aromatic carbocycles. The van der Waals surface area contributed by atoms with Gasteiger partial charge in [0.1, 0.15) is 5.75 Å². The predicted molar refractivity (Wildman–Crippen MR) is 116 cm³/mol. The van der Waals surface area contributed by atoms with Gasteiger partial charge in [0.2, 0.25) is 5.91 Å². The second-order valence-corrected chi connectivity index (χ2v) is 10.5. The third-order valence-electron chi connectivity index (χ3n) is 6.81. The number of ether oxygens (including phenoxy) is 1. The van der Waals surface area contributed by atoms with Crippen molar-refractivity contribution in [3.8, 4) is 5.75 Å². The summed E-state index contributed by atoms with van der Waals surface area (Å²) in [6.07, 6.45) is 5.02. The number of likely N-dealkylation sites (tertiary alicyclic amines) is 1. The molecule has 1 saturated heterocycles. The lowest BCUT2D eigenvalue weighted by Crippen LogP contribution is -2.54. The molecule has 4 rings (SSSR count). The normalized spacial score (nSPS) is 24.4. The number of rotatable bonds is 6. The molecule has 2 atom stereocenters. The second-order valence-electron chi connectivity index (χ2n) is 8.47. The molecule has 1 amide bonds. The lowest BCUT2D eigenvalue weighted by atomic mass is 9.72. The Kier molecular flexibility index (Phi) is 5.87. The third-order valence-corrected chi connectivity index (χ3v) is 8.64. The van der Waals surface area contributed by atoms with Crippen molar-refractivity contribution in [2.75, 3.05) is 12.9 Å². The molecule has 6 heteroatoms. The minimum atomic E-state index is -3.40. The molecule has 1 spiro atoms. The van der Waals surface area contributed by atoms with E-state index in [1.165, 1.54) is 0 Å². The van der Waals surface area contributed by atoms with E-state index in [-0.39, 0.29) is 23.1 Å². The van der Waals surface area contributed by atoms with Crippen molar-refractivity contribution in [1.82, 2.24) is 4.90 Å². The monoisotopic (exact) mass is 427 g/mol. The van der Waals surface area contributed by atoms with Crippen LogP contribution in [-0.4, -0.2) is 37.6 Å². The minimum absolute atomic E-state index is 0.0406. The summed E-state index contributed by atoms with van der Waals surface area (Å²) in [5.41, 5.74) is 0.678. The minimum Gasteiger partial charge on any atom is -0.497 e. The summed E-state index contributed by atoms with van der Waals surface area (Å²) in [6.45, 7) is 0.519.